The van der Waals surface area contributed by atoms with E-state index in [2.05, 4.69) is 26.1 Å². The first-order chi connectivity index (χ1) is 8.86. The average molecular weight is 326 g/mol. The molecule has 0 aliphatic rings. The van der Waals surface area contributed by atoms with Crippen LogP contribution in [0.25, 0.3) is 0 Å². The summed E-state index contributed by atoms with van der Waals surface area (Å²) >= 11 is 3.34. The second-order valence-corrected chi connectivity index (χ2v) is 6.31. The first kappa shape index (κ1) is 14.0. The molecule has 0 atom stereocenters. The molecule has 0 fully saturated rings. The highest BCUT2D eigenvalue weighted by Crippen LogP contribution is 2.18. The lowest BCUT2D eigenvalue weighted by Crippen LogP contribution is -2.19. The summed E-state index contributed by atoms with van der Waals surface area (Å²) in [6.07, 6.45) is 2.29. The van der Waals surface area contributed by atoms with E-state index in [9.17, 15) is 4.79 Å². The second kappa shape index (κ2) is 5.28. The smallest absolute Gasteiger partial charge is 0.250 e. The van der Waals surface area contributed by atoms with E-state index in [-0.39, 0.29) is 11.0 Å². The molecule has 19 heavy (non-hydrogen) atoms. The van der Waals surface area contributed by atoms with Gasteiger partial charge in [0.15, 0.2) is 5.82 Å². The van der Waals surface area contributed by atoms with Crippen LogP contribution >= 0.6 is 15.9 Å². The summed E-state index contributed by atoms with van der Waals surface area (Å²) in [5.41, 5.74) is -0.173. The molecule has 0 spiro atoms. The molecule has 0 bridgehead atoms. The third kappa shape index (κ3) is 3.53. The molecule has 0 radical (unpaired) electrons. The van der Waals surface area contributed by atoms with Crippen molar-refractivity contribution in [2.45, 2.75) is 39.2 Å². The lowest BCUT2D eigenvalue weighted by atomic mass is 9.96. The van der Waals surface area contributed by atoms with Gasteiger partial charge in [0.1, 0.15) is 0 Å². The Morgan fingerprint density at radius 3 is 2.74 bits per heavy atom. The molecule has 0 saturated carbocycles. The van der Waals surface area contributed by atoms with E-state index in [1.807, 2.05) is 20.8 Å². The SMILES string of the molecule is CC(C)(C)c1noc(CCn2cc(Br)ccc2=O)n1. The van der Waals surface area contributed by atoms with Crippen molar-refractivity contribution in [2.24, 2.45) is 0 Å². The van der Waals surface area contributed by atoms with Gasteiger partial charge < -0.3 is 9.09 Å². The van der Waals surface area contributed by atoms with Crippen LogP contribution in [-0.4, -0.2) is 14.7 Å². The molecule has 2 aromatic rings. The van der Waals surface area contributed by atoms with Crippen molar-refractivity contribution in [1.29, 1.82) is 0 Å². The van der Waals surface area contributed by atoms with Crippen LogP contribution in [0, 0.1) is 0 Å². The number of aryl methyl sites for hydroxylation is 2. The average Bonchev–Trinajstić information content (AvgIpc) is 2.79. The van der Waals surface area contributed by atoms with Gasteiger partial charge in [-0.1, -0.05) is 25.9 Å². The molecule has 2 heterocycles. The number of aromatic nitrogens is 3. The Labute approximate surface area is 119 Å². The zero-order valence-corrected chi connectivity index (χ0v) is 12.8. The summed E-state index contributed by atoms with van der Waals surface area (Å²) in [6, 6.07) is 3.25. The Bertz CT molecular complexity index is 625. The Balaban J connectivity index is 2.09. The van der Waals surface area contributed by atoms with Gasteiger partial charge in [-0.15, -0.1) is 0 Å². The van der Waals surface area contributed by atoms with Gasteiger partial charge in [-0.3, -0.25) is 4.79 Å². The maximum Gasteiger partial charge on any atom is 0.250 e. The predicted molar refractivity (Wildman–Crippen MR) is 75.1 cm³/mol. The van der Waals surface area contributed by atoms with Crippen LogP contribution in [0.15, 0.2) is 32.1 Å². The summed E-state index contributed by atoms with van der Waals surface area (Å²) in [7, 11) is 0. The molecule has 102 valence electrons. The van der Waals surface area contributed by atoms with E-state index in [1.54, 1.807) is 16.8 Å². The molecule has 0 unspecified atom stereocenters. The molecule has 2 rings (SSSR count). The van der Waals surface area contributed by atoms with Crippen molar-refractivity contribution in [2.75, 3.05) is 0 Å². The van der Waals surface area contributed by atoms with Crippen molar-refractivity contribution < 1.29 is 4.52 Å². The van der Waals surface area contributed by atoms with Crippen LogP contribution < -0.4 is 5.56 Å². The first-order valence-corrected chi connectivity index (χ1v) is 6.84. The summed E-state index contributed by atoms with van der Waals surface area (Å²) in [5, 5.41) is 3.96. The summed E-state index contributed by atoms with van der Waals surface area (Å²) < 4.78 is 7.68. The molecule has 0 aromatic carbocycles. The van der Waals surface area contributed by atoms with Crippen LogP contribution in [0.4, 0.5) is 0 Å². The minimum atomic E-state index is -0.131. The third-order valence-corrected chi connectivity index (χ3v) is 3.12. The molecular formula is C13H16BrN3O2. The van der Waals surface area contributed by atoms with Crippen molar-refractivity contribution in [3.8, 4) is 0 Å². The zero-order chi connectivity index (χ0) is 14.0. The summed E-state index contributed by atoms with van der Waals surface area (Å²) in [5.74, 6) is 1.24. The fourth-order valence-electron chi connectivity index (χ4n) is 1.55. The first-order valence-electron chi connectivity index (χ1n) is 6.05. The fraction of sp³-hybridized carbons (Fsp3) is 0.462. The molecule has 0 saturated heterocycles. The maximum absolute atomic E-state index is 11.6. The summed E-state index contributed by atoms with van der Waals surface area (Å²) in [4.78, 5) is 16.0. The molecule has 0 amide bonds. The number of rotatable bonds is 3. The Hall–Kier alpha value is -1.43. The van der Waals surface area contributed by atoms with Gasteiger partial charge in [-0.25, -0.2) is 0 Å². The normalized spacial score (nSPS) is 11.8. The quantitative estimate of drug-likeness (QED) is 0.870. The van der Waals surface area contributed by atoms with Gasteiger partial charge in [0.2, 0.25) is 5.89 Å². The lowest BCUT2D eigenvalue weighted by molar-refractivity contribution is 0.357. The lowest BCUT2D eigenvalue weighted by Gasteiger charge is -2.10. The van der Waals surface area contributed by atoms with E-state index in [4.69, 9.17) is 4.52 Å². The predicted octanol–water partition coefficient (Wildman–Crippen LogP) is 2.53. The molecule has 5 nitrogen and oxygen atoms in total. The van der Waals surface area contributed by atoms with E-state index in [0.717, 1.165) is 4.47 Å². The molecular weight excluding hydrogens is 310 g/mol. The Kier molecular flexibility index (Phi) is 3.89. The molecule has 2 aromatic heterocycles. The van der Waals surface area contributed by atoms with Crippen molar-refractivity contribution in [3.63, 3.8) is 0 Å². The number of hydrogen-bond donors (Lipinski definition) is 0. The van der Waals surface area contributed by atoms with Crippen LogP contribution in [0.5, 0.6) is 0 Å². The van der Waals surface area contributed by atoms with Gasteiger partial charge in [0.25, 0.3) is 5.56 Å². The minimum absolute atomic E-state index is 0.0428. The molecule has 0 aliphatic carbocycles. The highest BCUT2D eigenvalue weighted by molar-refractivity contribution is 9.10. The largest absolute Gasteiger partial charge is 0.339 e. The molecule has 6 heteroatoms. The van der Waals surface area contributed by atoms with Gasteiger partial charge in [0, 0.05) is 35.1 Å². The van der Waals surface area contributed by atoms with Gasteiger partial charge in [0.05, 0.1) is 0 Å². The zero-order valence-electron chi connectivity index (χ0n) is 11.2. The van der Waals surface area contributed by atoms with Gasteiger partial charge >= 0.3 is 0 Å². The van der Waals surface area contributed by atoms with E-state index in [1.165, 1.54) is 6.07 Å². The van der Waals surface area contributed by atoms with Crippen molar-refractivity contribution in [1.82, 2.24) is 14.7 Å². The monoisotopic (exact) mass is 325 g/mol. The summed E-state index contributed by atoms with van der Waals surface area (Å²) in [6.45, 7) is 6.60. The third-order valence-electron chi connectivity index (χ3n) is 2.65. The van der Waals surface area contributed by atoms with E-state index >= 15 is 0 Å². The van der Waals surface area contributed by atoms with Gasteiger partial charge in [-0.2, -0.15) is 4.98 Å². The van der Waals surface area contributed by atoms with Crippen molar-refractivity contribution in [3.05, 3.63) is 44.9 Å². The second-order valence-electron chi connectivity index (χ2n) is 5.39. The van der Waals surface area contributed by atoms with E-state index in [0.29, 0.717) is 24.7 Å². The standard InChI is InChI=1S/C13H16BrN3O2/c1-13(2,3)12-15-10(19-16-12)6-7-17-8-9(14)4-5-11(17)18/h4-5,8H,6-7H2,1-3H3. The number of pyridine rings is 1. The highest BCUT2D eigenvalue weighted by Gasteiger charge is 2.20. The number of halogens is 1. The van der Waals surface area contributed by atoms with Crippen molar-refractivity contribution >= 4 is 15.9 Å². The van der Waals surface area contributed by atoms with Crippen LogP contribution in [0.1, 0.15) is 32.5 Å². The minimum Gasteiger partial charge on any atom is -0.339 e. The Morgan fingerprint density at radius 2 is 2.11 bits per heavy atom. The number of nitrogens with zero attached hydrogens (tertiary/aromatic N) is 3. The topological polar surface area (TPSA) is 60.9 Å². The maximum atomic E-state index is 11.6. The fourth-order valence-corrected chi connectivity index (χ4v) is 1.93. The molecule has 0 aliphatic heterocycles. The van der Waals surface area contributed by atoms with Gasteiger partial charge in [-0.05, 0) is 22.0 Å². The van der Waals surface area contributed by atoms with Crippen LogP contribution in [0.2, 0.25) is 0 Å². The highest BCUT2D eigenvalue weighted by atomic mass is 79.9. The van der Waals surface area contributed by atoms with Crippen LogP contribution in [-0.2, 0) is 18.4 Å². The van der Waals surface area contributed by atoms with Crippen LogP contribution in [0.3, 0.4) is 0 Å². The molecule has 0 N–H and O–H groups in total. The number of hydrogen-bond acceptors (Lipinski definition) is 4. The van der Waals surface area contributed by atoms with E-state index < -0.39 is 0 Å². The Morgan fingerprint density at radius 1 is 1.37 bits per heavy atom.